The number of hydrogen-bond acceptors (Lipinski definition) is 4. The number of anilines is 2. The van der Waals surface area contributed by atoms with Crippen molar-refractivity contribution in [2.45, 2.75) is 5.75 Å². The number of hydrogen-bond donors (Lipinski definition) is 2. The number of benzene rings is 2. The molecule has 0 aliphatic carbocycles. The molecule has 2 amide bonds. The molecule has 2 aromatic carbocycles. The molecule has 2 N–H and O–H groups in total. The van der Waals surface area contributed by atoms with E-state index in [9.17, 15) is 9.59 Å². The van der Waals surface area contributed by atoms with Gasteiger partial charge in [0.15, 0.2) is 0 Å². The highest BCUT2D eigenvalue weighted by atomic mass is 32.2. The number of methoxy groups -OCH3 is 1. The topological polar surface area (TPSA) is 67.4 Å². The Morgan fingerprint density at radius 2 is 1.70 bits per heavy atom. The van der Waals surface area contributed by atoms with E-state index in [1.54, 1.807) is 48.2 Å². The number of rotatable bonds is 5. The Morgan fingerprint density at radius 3 is 2.30 bits per heavy atom. The largest absolute Gasteiger partial charge is 0.453 e. The molecule has 23 heavy (non-hydrogen) atoms. The molecular weight excluding hydrogens is 312 g/mol. The van der Waals surface area contributed by atoms with Gasteiger partial charge in [-0.25, -0.2) is 4.79 Å². The van der Waals surface area contributed by atoms with Crippen molar-refractivity contribution >= 4 is 35.1 Å². The lowest BCUT2D eigenvalue weighted by molar-refractivity contribution is 0.102. The summed E-state index contributed by atoms with van der Waals surface area (Å²) in [5.74, 6) is 0.722. The summed E-state index contributed by atoms with van der Waals surface area (Å²) in [4.78, 5) is 23.4. The van der Waals surface area contributed by atoms with E-state index in [0.717, 1.165) is 5.75 Å². The van der Waals surface area contributed by atoms with Crippen LogP contribution in [0, 0.1) is 0 Å². The van der Waals surface area contributed by atoms with Crippen LogP contribution < -0.4 is 10.6 Å². The molecule has 0 aliphatic heterocycles. The number of nitrogens with one attached hydrogen (secondary N) is 2. The van der Waals surface area contributed by atoms with Gasteiger partial charge in [0, 0.05) is 22.7 Å². The number of carbonyl (C=O) groups is 2. The second kappa shape index (κ2) is 8.24. The van der Waals surface area contributed by atoms with Crippen LogP contribution in [0.4, 0.5) is 16.2 Å². The van der Waals surface area contributed by atoms with Crippen molar-refractivity contribution in [1.82, 2.24) is 0 Å². The summed E-state index contributed by atoms with van der Waals surface area (Å²) in [6, 6.07) is 14.4. The Labute approximate surface area is 139 Å². The zero-order chi connectivity index (χ0) is 16.7. The van der Waals surface area contributed by atoms with Crippen LogP contribution in [-0.2, 0) is 10.5 Å². The van der Waals surface area contributed by atoms with Gasteiger partial charge in [0.1, 0.15) is 0 Å². The van der Waals surface area contributed by atoms with Crippen LogP contribution in [0.5, 0.6) is 0 Å². The lowest BCUT2D eigenvalue weighted by atomic mass is 10.1. The monoisotopic (exact) mass is 330 g/mol. The van der Waals surface area contributed by atoms with Crippen LogP contribution in [0.1, 0.15) is 15.9 Å². The van der Waals surface area contributed by atoms with Gasteiger partial charge in [-0.15, -0.1) is 0 Å². The summed E-state index contributed by atoms with van der Waals surface area (Å²) < 4.78 is 4.54. The Hall–Kier alpha value is -2.47. The zero-order valence-electron chi connectivity index (χ0n) is 13.0. The van der Waals surface area contributed by atoms with E-state index in [-0.39, 0.29) is 5.91 Å². The third-order valence-electron chi connectivity index (χ3n) is 3.08. The molecule has 0 radical (unpaired) electrons. The molecule has 0 fully saturated rings. The molecule has 5 nitrogen and oxygen atoms in total. The minimum absolute atomic E-state index is 0.198. The van der Waals surface area contributed by atoms with E-state index in [1.807, 2.05) is 18.4 Å². The summed E-state index contributed by atoms with van der Waals surface area (Å²) in [7, 11) is 1.29. The minimum Gasteiger partial charge on any atom is -0.453 e. The molecule has 0 spiro atoms. The van der Waals surface area contributed by atoms with Crippen LogP contribution in [0.25, 0.3) is 0 Å². The first-order valence-electron chi connectivity index (χ1n) is 6.96. The van der Waals surface area contributed by atoms with Crippen LogP contribution in [-0.4, -0.2) is 25.4 Å². The Balaban J connectivity index is 2.04. The zero-order valence-corrected chi connectivity index (χ0v) is 13.8. The average Bonchev–Trinajstić information content (AvgIpc) is 2.56. The van der Waals surface area contributed by atoms with E-state index < -0.39 is 6.09 Å². The predicted molar refractivity (Wildman–Crippen MR) is 94.1 cm³/mol. The lowest BCUT2D eigenvalue weighted by Crippen LogP contribution is -2.13. The lowest BCUT2D eigenvalue weighted by Gasteiger charge is -2.08. The SMILES string of the molecule is COC(=O)Nc1cccc(NC(=O)c2ccc(CSC)cc2)c1. The molecule has 0 aliphatic rings. The van der Waals surface area contributed by atoms with Crippen molar-refractivity contribution in [1.29, 1.82) is 0 Å². The average molecular weight is 330 g/mol. The summed E-state index contributed by atoms with van der Waals surface area (Å²) in [6.45, 7) is 0. The molecule has 0 unspecified atom stereocenters. The van der Waals surface area contributed by atoms with Gasteiger partial charge in [0.05, 0.1) is 7.11 Å². The van der Waals surface area contributed by atoms with Crippen LogP contribution in [0.15, 0.2) is 48.5 Å². The fourth-order valence-corrected chi connectivity index (χ4v) is 2.49. The smallest absolute Gasteiger partial charge is 0.411 e. The molecule has 0 saturated heterocycles. The molecule has 0 atom stereocenters. The highest BCUT2D eigenvalue weighted by molar-refractivity contribution is 7.97. The van der Waals surface area contributed by atoms with Crippen molar-refractivity contribution in [2.24, 2.45) is 0 Å². The Kier molecular flexibility index (Phi) is 6.05. The van der Waals surface area contributed by atoms with Crippen molar-refractivity contribution in [3.63, 3.8) is 0 Å². The van der Waals surface area contributed by atoms with Crippen LogP contribution in [0.3, 0.4) is 0 Å². The van der Waals surface area contributed by atoms with E-state index in [0.29, 0.717) is 16.9 Å². The maximum atomic E-state index is 12.2. The van der Waals surface area contributed by atoms with E-state index in [2.05, 4.69) is 15.4 Å². The quantitative estimate of drug-likeness (QED) is 0.870. The summed E-state index contributed by atoms with van der Waals surface area (Å²) >= 11 is 1.73. The molecule has 2 rings (SSSR count). The summed E-state index contributed by atoms with van der Waals surface area (Å²) in [5, 5.41) is 5.36. The fraction of sp³-hybridized carbons (Fsp3) is 0.176. The fourth-order valence-electron chi connectivity index (χ4n) is 1.97. The Bertz CT molecular complexity index is 686. The third-order valence-corrected chi connectivity index (χ3v) is 3.70. The van der Waals surface area contributed by atoms with Gasteiger partial charge in [-0.2, -0.15) is 11.8 Å². The summed E-state index contributed by atoms with van der Waals surface area (Å²) in [5.41, 5.74) is 2.90. The van der Waals surface area contributed by atoms with E-state index in [1.165, 1.54) is 12.7 Å². The second-order valence-electron chi connectivity index (χ2n) is 4.78. The molecule has 2 aromatic rings. The van der Waals surface area contributed by atoms with Gasteiger partial charge >= 0.3 is 6.09 Å². The number of ether oxygens (including phenoxy) is 1. The third kappa shape index (κ3) is 5.03. The van der Waals surface area contributed by atoms with Crippen molar-refractivity contribution < 1.29 is 14.3 Å². The highest BCUT2D eigenvalue weighted by Crippen LogP contribution is 2.17. The number of amides is 2. The van der Waals surface area contributed by atoms with Crippen LogP contribution in [0.2, 0.25) is 0 Å². The first kappa shape index (κ1) is 16.9. The van der Waals surface area contributed by atoms with Crippen molar-refractivity contribution in [3.05, 3.63) is 59.7 Å². The summed E-state index contributed by atoms with van der Waals surface area (Å²) in [6.07, 6.45) is 1.48. The van der Waals surface area contributed by atoms with E-state index >= 15 is 0 Å². The normalized spacial score (nSPS) is 10.0. The minimum atomic E-state index is -0.558. The Morgan fingerprint density at radius 1 is 1.04 bits per heavy atom. The van der Waals surface area contributed by atoms with Gasteiger partial charge in [-0.3, -0.25) is 10.1 Å². The molecule has 120 valence electrons. The van der Waals surface area contributed by atoms with Crippen LogP contribution >= 0.6 is 11.8 Å². The van der Waals surface area contributed by atoms with Gasteiger partial charge in [0.2, 0.25) is 0 Å². The standard InChI is InChI=1S/C17H18N2O3S/c1-22-17(21)19-15-5-3-4-14(10-15)18-16(20)13-8-6-12(7-9-13)11-23-2/h3-10H,11H2,1-2H3,(H,18,20)(H,19,21). The molecule has 0 aromatic heterocycles. The van der Waals surface area contributed by atoms with Gasteiger partial charge < -0.3 is 10.1 Å². The predicted octanol–water partition coefficient (Wildman–Crippen LogP) is 3.98. The highest BCUT2D eigenvalue weighted by Gasteiger charge is 2.07. The maximum absolute atomic E-state index is 12.2. The first-order valence-corrected chi connectivity index (χ1v) is 8.36. The van der Waals surface area contributed by atoms with Gasteiger partial charge in [-0.05, 0) is 42.2 Å². The first-order chi connectivity index (χ1) is 11.1. The molecule has 0 saturated carbocycles. The van der Waals surface area contributed by atoms with E-state index in [4.69, 9.17) is 0 Å². The molecule has 0 bridgehead atoms. The van der Waals surface area contributed by atoms with Gasteiger partial charge in [0.25, 0.3) is 5.91 Å². The maximum Gasteiger partial charge on any atom is 0.411 e. The number of carbonyl (C=O) groups excluding carboxylic acids is 2. The molecular formula is C17H18N2O3S. The molecule has 6 heteroatoms. The van der Waals surface area contributed by atoms with Gasteiger partial charge in [-0.1, -0.05) is 18.2 Å². The van der Waals surface area contributed by atoms with Crippen molar-refractivity contribution in [2.75, 3.05) is 24.0 Å². The molecule has 0 heterocycles. The number of thioether (sulfide) groups is 1. The second-order valence-corrected chi connectivity index (χ2v) is 5.65. The van der Waals surface area contributed by atoms with Crippen molar-refractivity contribution in [3.8, 4) is 0 Å².